The molecule has 0 aliphatic rings. The molecule has 82 valence electrons. The van der Waals surface area contributed by atoms with Gasteiger partial charge in [-0.1, -0.05) is 30.3 Å². The fourth-order valence-corrected chi connectivity index (χ4v) is 1.26. The predicted octanol–water partition coefficient (Wildman–Crippen LogP) is 1.90. The van der Waals surface area contributed by atoms with Crippen LogP contribution < -0.4 is 5.32 Å². The largest absolute Gasteiger partial charge is 0.372 e. The van der Waals surface area contributed by atoms with E-state index < -0.39 is 6.10 Å². The molecular weight excluding hydrogens is 190 g/mol. The number of rotatable bonds is 4. The van der Waals surface area contributed by atoms with Crippen molar-refractivity contribution in [1.82, 2.24) is 5.32 Å². The normalized spacial score (nSPS) is 14.3. The lowest BCUT2D eigenvalue weighted by atomic mass is 10.1. The third kappa shape index (κ3) is 3.36. The van der Waals surface area contributed by atoms with Gasteiger partial charge in [-0.15, -0.1) is 0 Å². The molecule has 1 aromatic carbocycles. The molecule has 0 aromatic heterocycles. The van der Waals surface area contributed by atoms with Crippen molar-refractivity contribution in [3.8, 4) is 0 Å². The van der Waals surface area contributed by atoms with Gasteiger partial charge in [0.2, 0.25) is 5.91 Å². The van der Waals surface area contributed by atoms with E-state index in [2.05, 4.69) is 5.32 Å². The van der Waals surface area contributed by atoms with Gasteiger partial charge in [0.25, 0.3) is 0 Å². The maximum atomic E-state index is 11.5. The molecule has 0 saturated heterocycles. The summed E-state index contributed by atoms with van der Waals surface area (Å²) in [7, 11) is 1.53. The Kier molecular flexibility index (Phi) is 4.31. The van der Waals surface area contributed by atoms with Crippen molar-refractivity contribution in [1.29, 1.82) is 0 Å². The van der Waals surface area contributed by atoms with Crippen molar-refractivity contribution < 1.29 is 9.53 Å². The van der Waals surface area contributed by atoms with Crippen LogP contribution in [0.3, 0.4) is 0 Å². The summed E-state index contributed by atoms with van der Waals surface area (Å²) in [6.45, 7) is 3.68. The lowest BCUT2D eigenvalue weighted by Crippen LogP contribution is -2.35. The highest BCUT2D eigenvalue weighted by molar-refractivity contribution is 5.80. The summed E-state index contributed by atoms with van der Waals surface area (Å²) in [6.07, 6.45) is -0.406. The monoisotopic (exact) mass is 207 g/mol. The van der Waals surface area contributed by atoms with Crippen molar-refractivity contribution in [2.45, 2.75) is 26.0 Å². The van der Waals surface area contributed by atoms with Crippen LogP contribution in [-0.2, 0) is 9.53 Å². The van der Waals surface area contributed by atoms with Gasteiger partial charge >= 0.3 is 0 Å². The Morgan fingerprint density at radius 1 is 1.27 bits per heavy atom. The number of benzene rings is 1. The van der Waals surface area contributed by atoms with Crippen molar-refractivity contribution >= 4 is 5.91 Å². The van der Waals surface area contributed by atoms with Gasteiger partial charge in [0.05, 0.1) is 6.04 Å². The molecule has 0 heterocycles. The van der Waals surface area contributed by atoms with Crippen LogP contribution in [-0.4, -0.2) is 19.1 Å². The molecule has 1 rings (SSSR count). The van der Waals surface area contributed by atoms with Crippen molar-refractivity contribution in [3.05, 3.63) is 35.9 Å². The highest BCUT2D eigenvalue weighted by atomic mass is 16.5. The van der Waals surface area contributed by atoms with E-state index in [1.807, 2.05) is 37.3 Å². The fraction of sp³-hybridized carbons (Fsp3) is 0.417. The molecule has 0 fully saturated rings. The smallest absolute Gasteiger partial charge is 0.249 e. The van der Waals surface area contributed by atoms with Gasteiger partial charge in [0, 0.05) is 7.11 Å². The Morgan fingerprint density at radius 3 is 2.40 bits per heavy atom. The Bertz CT molecular complexity index is 311. The minimum absolute atomic E-state index is 0.0105. The van der Waals surface area contributed by atoms with E-state index in [1.165, 1.54) is 7.11 Å². The first kappa shape index (κ1) is 11.7. The van der Waals surface area contributed by atoms with Crippen LogP contribution in [0.15, 0.2) is 30.3 Å². The average molecular weight is 207 g/mol. The van der Waals surface area contributed by atoms with Gasteiger partial charge in [-0.25, -0.2) is 0 Å². The van der Waals surface area contributed by atoms with Gasteiger partial charge in [0.1, 0.15) is 6.10 Å². The molecule has 1 unspecified atom stereocenters. The third-order valence-corrected chi connectivity index (χ3v) is 2.38. The zero-order valence-corrected chi connectivity index (χ0v) is 9.36. The minimum atomic E-state index is -0.406. The highest BCUT2D eigenvalue weighted by Crippen LogP contribution is 2.11. The molecule has 0 radical (unpaired) electrons. The number of ether oxygens (including phenoxy) is 1. The summed E-state index contributed by atoms with van der Waals surface area (Å²) >= 11 is 0. The molecule has 0 aliphatic heterocycles. The Balaban J connectivity index is 2.56. The maximum absolute atomic E-state index is 11.5. The second-order valence-corrected chi connectivity index (χ2v) is 3.52. The first-order valence-electron chi connectivity index (χ1n) is 5.03. The zero-order valence-electron chi connectivity index (χ0n) is 9.36. The summed E-state index contributed by atoms with van der Waals surface area (Å²) in [6, 6.07) is 9.85. The molecule has 0 spiro atoms. The van der Waals surface area contributed by atoms with Crippen molar-refractivity contribution in [3.63, 3.8) is 0 Å². The summed E-state index contributed by atoms with van der Waals surface area (Å²) in [5.74, 6) is -0.0890. The number of carbonyl (C=O) groups excluding carboxylic acids is 1. The quantitative estimate of drug-likeness (QED) is 0.819. The van der Waals surface area contributed by atoms with E-state index in [9.17, 15) is 4.79 Å². The van der Waals surface area contributed by atoms with E-state index in [-0.39, 0.29) is 11.9 Å². The number of hydrogen-bond acceptors (Lipinski definition) is 2. The summed E-state index contributed by atoms with van der Waals surface area (Å²) in [5, 5.41) is 2.88. The van der Waals surface area contributed by atoms with Crippen molar-refractivity contribution in [2.75, 3.05) is 7.11 Å². The average Bonchev–Trinajstić information content (AvgIpc) is 2.29. The molecule has 1 aromatic rings. The lowest BCUT2D eigenvalue weighted by molar-refractivity contribution is -0.130. The molecule has 0 aliphatic carbocycles. The van der Waals surface area contributed by atoms with E-state index in [1.54, 1.807) is 6.92 Å². The first-order valence-corrected chi connectivity index (χ1v) is 5.03. The van der Waals surface area contributed by atoms with E-state index in [0.29, 0.717) is 0 Å². The van der Waals surface area contributed by atoms with E-state index >= 15 is 0 Å². The zero-order chi connectivity index (χ0) is 11.3. The van der Waals surface area contributed by atoms with E-state index in [0.717, 1.165) is 5.56 Å². The van der Waals surface area contributed by atoms with Crippen LogP contribution in [0, 0.1) is 0 Å². The SMILES string of the molecule is CO[C@@H](C)C(=O)NC(C)c1ccccc1. The molecule has 3 nitrogen and oxygen atoms in total. The molecule has 2 atom stereocenters. The molecule has 3 heteroatoms. The molecule has 15 heavy (non-hydrogen) atoms. The van der Waals surface area contributed by atoms with Crippen LogP contribution in [0.5, 0.6) is 0 Å². The Morgan fingerprint density at radius 2 is 1.87 bits per heavy atom. The second-order valence-electron chi connectivity index (χ2n) is 3.52. The minimum Gasteiger partial charge on any atom is -0.372 e. The van der Waals surface area contributed by atoms with Gasteiger partial charge in [-0.3, -0.25) is 4.79 Å². The maximum Gasteiger partial charge on any atom is 0.249 e. The Hall–Kier alpha value is -1.35. The van der Waals surface area contributed by atoms with Crippen LogP contribution in [0.25, 0.3) is 0 Å². The predicted molar refractivity (Wildman–Crippen MR) is 59.5 cm³/mol. The second kappa shape index (κ2) is 5.51. The number of hydrogen-bond donors (Lipinski definition) is 1. The lowest BCUT2D eigenvalue weighted by Gasteiger charge is -2.16. The summed E-state index contributed by atoms with van der Waals surface area (Å²) in [5.41, 5.74) is 1.09. The van der Waals surface area contributed by atoms with Gasteiger partial charge < -0.3 is 10.1 Å². The molecule has 1 N–H and O–H groups in total. The van der Waals surface area contributed by atoms with Gasteiger partial charge in [-0.05, 0) is 19.4 Å². The third-order valence-electron chi connectivity index (χ3n) is 2.38. The van der Waals surface area contributed by atoms with Crippen LogP contribution in [0.4, 0.5) is 0 Å². The van der Waals surface area contributed by atoms with E-state index in [4.69, 9.17) is 4.74 Å². The summed E-state index contributed by atoms with van der Waals surface area (Å²) in [4.78, 5) is 11.5. The molecule has 0 saturated carbocycles. The standard InChI is InChI=1S/C12H17NO2/c1-9(11-7-5-4-6-8-11)13-12(14)10(2)15-3/h4-10H,1-3H3,(H,13,14)/t9?,10-/m0/s1. The first-order chi connectivity index (χ1) is 7.15. The van der Waals surface area contributed by atoms with Gasteiger partial charge in [0.15, 0.2) is 0 Å². The van der Waals surface area contributed by atoms with Gasteiger partial charge in [-0.2, -0.15) is 0 Å². The molecular formula is C12H17NO2. The summed E-state index contributed by atoms with van der Waals surface area (Å²) < 4.78 is 4.94. The molecule has 0 bridgehead atoms. The number of carbonyl (C=O) groups is 1. The Labute approximate surface area is 90.4 Å². The number of amides is 1. The number of nitrogens with one attached hydrogen (secondary N) is 1. The fourth-order valence-electron chi connectivity index (χ4n) is 1.26. The highest BCUT2D eigenvalue weighted by Gasteiger charge is 2.14. The topological polar surface area (TPSA) is 38.3 Å². The van der Waals surface area contributed by atoms with Crippen LogP contribution in [0.1, 0.15) is 25.5 Å². The van der Waals surface area contributed by atoms with Crippen LogP contribution in [0.2, 0.25) is 0 Å². The van der Waals surface area contributed by atoms with Crippen LogP contribution >= 0.6 is 0 Å². The number of methoxy groups -OCH3 is 1. The van der Waals surface area contributed by atoms with Crippen molar-refractivity contribution in [2.24, 2.45) is 0 Å². The molecule has 1 amide bonds.